The van der Waals surface area contributed by atoms with E-state index in [-0.39, 0.29) is 6.54 Å². The summed E-state index contributed by atoms with van der Waals surface area (Å²) >= 11 is 6.03. The number of ether oxygens (including phenoxy) is 1. The standard InChI is InChI=1S/C19H23ClN2O4S/c1-13-9-10-16(20)11-17(13)22(27(4,24)25)14(2)19(23)21-12-15-7-5-6-8-18(15)26-3/h5-11,14H,12H2,1-4H3,(H,21,23)/t14-/m1/s1. The van der Waals surface area contributed by atoms with Gasteiger partial charge in [0, 0.05) is 17.1 Å². The summed E-state index contributed by atoms with van der Waals surface area (Å²) in [5.74, 6) is 0.224. The first kappa shape index (κ1) is 21.1. The maximum atomic E-state index is 12.7. The number of benzene rings is 2. The lowest BCUT2D eigenvalue weighted by atomic mass is 10.1. The highest BCUT2D eigenvalue weighted by Crippen LogP contribution is 2.28. The number of para-hydroxylation sites is 1. The van der Waals surface area contributed by atoms with Crippen molar-refractivity contribution < 1.29 is 17.9 Å². The SMILES string of the molecule is COc1ccccc1CNC(=O)[C@@H](C)N(c1cc(Cl)ccc1C)S(C)(=O)=O. The third-order valence-corrected chi connectivity index (χ3v) is 5.61. The molecule has 27 heavy (non-hydrogen) atoms. The highest BCUT2D eigenvalue weighted by atomic mass is 35.5. The molecule has 0 aliphatic carbocycles. The third kappa shape index (κ3) is 5.14. The number of nitrogens with zero attached hydrogens (tertiary/aromatic N) is 1. The number of carbonyl (C=O) groups excluding carboxylic acids is 1. The molecule has 2 rings (SSSR count). The summed E-state index contributed by atoms with van der Waals surface area (Å²) in [6.07, 6.45) is 1.07. The van der Waals surface area contributed by atoms with Gasteiger partial charge in [-0.25, -0.2) is 8.42 Å². The number of sulfonamides is 1. The maximum absolute atomic E-state index is 12.7. The number of hydrogen-bond acceptors (Lipinski definition) is 4. The van der Waals surface area contributed by atoms with Crippen LogP contribution in [0.4, 0.5) is 5.69 Å². The molecule has 0 fully saturated rings. The molecule has 1 atom stereocenters. The van der Waals surface area contributed by atoms with Crippen LogP contribution in [-0.2, 0) is 21.4 Å². The number of methoxy groups -OCH3 is 1. The summed E-state index contributed by atoms with van der Waals surface area (Å²) < 4.78 is 31.2. The van der Waals surface area contributed by atoms with E-state index < -0.39 is 22.0 Å². The Morgan fingerprint density at radius 3 is 2.56 bits per heavy atom. The molecule has 1 N–H and O–H groups in total. The van der Waals surface area contributed by atoms with Gasteiger partial charge in [0.15, 0.2) is 0 Å². The van der Waals surface area contributed by atoms with E-state index in [2.05, 4.69) is 5.32 Å². The van der Waals surface area contributed by atoms with E-state index in [1.807, 2.05) is 18.2 Å². The minimum atomic E-state index is -3.71. The van der Waals surface area contributed by atoms with Crippen LogP contribution in [-0.4, -0.2) is 33.7 Å². The molecule has 1 amide bonds. The molecule has 0 saturated carbocycles. The van der Waals surface area contributed by atoms with Crippen molar-refractivity contribution in [3.8, 4) is 5.75 Å². The highest BCUT2D eigenvalue weighted by molar-refractivity contribution is 7.92. The van der Waals surface area contributed by atoms with Crippen molar-refractivity contribution >= 4 is 33.2 Å². The van der Waals surface area contributed by atoms with E-state index in [0.29, 0.717) is 22.0 Å². The Hall–Kier alpha value is -2.25. The molecule has 0 radical (unpaired) electrons. The number of carbonyl (C=O) groups is 1. The Balaban J connectivity index is 2.26. The second kappa shape index (κ2) is 8.63. The Kier molecular flexibility index (Phi) is 6.73. The Bertz CT molecular complexity index is 931. The molecular formula is C19H23ClN2O4S. The second-order valence-electron chi connectivity index (χ2n) is 6.20. The Morgan fingerprint density at radius 2 is 1.93 bits per heavy atom. The van der Waals surface area contributed by atoms with Crippen LogP contribution in [0.25, 0.3) is 0 Å². The smallest absolute Gasteiger partial charge is 0.243 e. The molecule has 6 nitrogen and oxygen atoms in total. The summed E-state index contributed by atoms with van der Waals surface area (Å²) in [5.41, 5.74) is 1.88. The number of nitrogens with one attached hydrogen (secondary N) is 1. The van der Waals surface area contributed by atoms with Gasteiger partial charge < -0.3 is 10.1 Å². The van der Waals surface area contributed by atoms with E-state index >= 15 is 0 Å². The summed E-state index contributed by atoms with van der Waals surface area (Å²) in [5, 5.41) is 3.17. The minimum absolute atomic E-state index is 0.222. The number of rotatable bonds is 7. The third-order valence-electron chi connectivity index (χ3n) is 4.14. The summed E-state index contributed by atoms with van der Waals surface area (Å²) in [7, 11) is -2.16. The summed E-state index contributed by atoms with van der Waals surface area (Å²) in [6.45, 7) is 3.53. The maximum Gasteiger partial charge on any atom is 0.243 e. The van der Waals surface area contributed by atoms with Gasteiger partial charge in [-0.1, -0.05) is 35.9 Å². The average molecular weight is 411 g/mol. The van der Waals surface area contributed by atoms with Crippen LogP contribution in [0.2, 0.25) is 5.02 Å². The predicted octanol–water partition coefficient (Wildman–Crippen LogP) is 3.13. The zero-order valence-corrected chi connectivity index (χ0v) is 17.3. The monoisotopic (exact) mass is 410 g/mol. The first-order valence-electron chi connectivity index (χ1n) is 8.30. The van der Waals surface area contributed by atoms with Crippen molar-refractivity contribution in [3.63, 3.8) is 0 Å². The van der Waals surface area contributed by atoms with Crippen LogP contribution in [0.15, 0.2) is 42.5 Å². The molecule has 0 aromatic heterocycles. The van der Waals surface area contributed by atoms with Crippen molar-refractivity contribution in [1.82, 2.24) is 5.32 Å². The van der Waals surface area contributed by atoms with Gasteiger partial charge in [-0.3, -0.25) is 9.10 Å². The van der Waals surface area contributed by atoms with Gasteiger partial charge in [0.2, 0.25) is 15.9 Å². The summed E-state index contributed by atoms with van der Waals surface area (Å²) in [6, 6.07) is 11.3. The lowest BCUT2D eigenvalue weighted by Crippen LogP contribution is -2.48. The van der Waals surface area contributed by atoms with Crippen LogP contribution in [0.3, 0.4) is 0 Å². The quantitative estimate of drug-likeness (QED) is 0.760. The molecule has 8 heteroatoms. The summed E-state index contributed by atoms with van der Waals surface area (Å²) in [4.78, 5) is 12.7. The number of amides is 1. The normalized spacial score (nSPS) is 12.3. The van der Waals surface area contributed by atoms with E-state index in [1.54, 1.807) is 45.2 Å². The van der Waals surface area contributed by atoms with Gasteiger partial charge in [-0.15, -0.1) is 0 Å². The molecule has 146 valence electrons. The van der Waals surface area contributed by atoms with Crippen LogP contribution >= 0.6 is 11.6 Å². The van der Waals surface area contributed by atoms with Crippen LogP contribution in [0, 0.1) is 6.92 Å². The first-order valence-corrected chi connectivity index (χ1v) is 10.5. The van der Waals surface area contributed by atoms with Crippen LogP contribution < -0.4 is 14.4 Å². The number of halogens is 1. The molecule has 0 heterocycles. The topological polar surface area (TPSA) is 75.7 Å². The molecule has 2 aromatic rings. The zero-order chi connectivity index (χ0) is 20.2. The van der Waals surface area contributed by atoms with Gasteiger partial charge in [-0.2, -0.15) is 0 Å². The van der Waals surface area contributed by atoms with E-state index in [9.17, 15) is 13.2 Å². The fourth-order valence-corrected chi connectivity index (χ4v) is 4.17. The van der Waals surface area contributed by atoms with Gasteiger partial charge in [0.1, 0.15) is 11.8 Å². The average Bonchev–Trinajstić information content (AvgIpc) is 2.61. The van der Waals surface area contributed by atoms with Gasteiger partial charge in [0.05, 0.1) is 19.1 Å². The fraction of sp³-hybridized carbons (Fsp3) is 0.316. The lowest BCUT2D eigenvalue weighted by Gasteiger charge is -2.29. The fourth-order valence-electron chi connectivity index (χ4n) is 2.78. The van der Waals surface area contributed by atoms with Crippen molar-refractivity contribution in [2.75, 3.05) is 17.7 Å². The van der Waals surface area contributed by atoms with E-state index in [4.69, 9.17) is 16.3 Å². The molecule has 0 aliphatic heterocycles. The van der Waals surface area contributed by atoms with Crippen molar-refractivity contribution in [1.29, 1.82) is 0 Å². The first-order chi connectivity index (χ1) is 12.6. The molecule has 0 saturated heterocycles. The Morgan fingerprint density at radius 1 is 1.26 bits per heavy atom. The number of hydrogen-bond donors (Lipinski definition) is 1. The van der Waals surface area contributed by atoms with E-state index in [1.165, 1.54) is 0 Å². The number of aryl methyl sites for hydroxylation is 1. The highest BCUT2D eigenvalue weighted by Gasteiger charge is 2.30. The Labute approximate surface area is 165 Å². The molecule has 0 bridgehead atoms. The van der Waals surface area contributed by atoms with Crippen molar-refractivity contribution in [2.24, 2.45) is 0 Å². The lowest BCUT2D eigenvalue weighted by molar-refractivity contribution is -0.122. The van der Waals surface area contributed by atoms with E-state index in [0.717, 1.165) is 16.1 Å². The molecule has 2 aromatic carbocycles. The van der Waals surface area contributed by atoms with Crippen LogP contribution in [0.1, 0.15) is 18.1 Å². The number of anilines is 1. The van der Waals surface area contributed by atoms with Gasteiger partial charge in [0.25, 0.3) is 0 Å². The predicted molar refractivity (Wildman–Crippen MR) is 108 cm³/mol. The largest absolute Gasteiger partial charge is 0.496 e. The van der Waals surface area contributed by atoms with Crippen LogP contribution in [0.5, 0.6) is 5.75 Å². The molecule has 0 spiro atoms. The van der Waals surface area contributed by atoms with Gasteiger partial charge in [-0.05, 0) is 37.6 Å². The molecule has 0 aliphatic rings. The molecular weight excluding hydrogens is 388 g/mol. The second-order valence-corrected chi connectivity index (χ2v) is 8.49. The van der Waals surface area contributed by atoms with Gasteiger partial charge >= 0.3 is 0 Å². The minimum Gasteiger partial charge on any atom is -0.496 e. The van der Waals surface area contributed by atoms with Crippen molar-refractivity contribution in [2.45, 2.75) is 26.4 Å². The van der Waals surface area contributed by atoms with Crippen molar-refractivity contribution in [3.05, 3.63) is 58.6 Å². The molecule has 0 unspecified atom stereocenters. The zero-order valence-electron chi connectivity index (χ0n) is 15.7.